The van der Waals surface area contributed by atoms with Crippen LogP contribution in [0.25, 0.3) is 11.1 Å². The van der Waals surface area contributed by atoms with Crippen LogP contribution in [0.5, 0.6) is 0 Å². The van der Waals surface area contributed by atoms with E-state index in [1.54, 1.807) is 24.4 Å². The van der Waals surface area contributed by atoms with Crippen LogP contribution in [0, 0.1) is 0 Å². The molecule has 0 aliphatic rings. The average Bonchev–Trinajstić information content (AvgIpc) is 2.39. The molecule has 22 heavy (non-hydrogen) atoms. The molecule has 1 aromatic heterocycles. The lowest BCUT2D eigenvalue weighted by Crippen LogP contribution is -2.05. The molecule has 3 N–H and O–H groups in total. The van der Waals surface area contributed by atoms with Crippen LogP contribution in [-0.2, 0) is 9.84 Å². The minimum atomic E-state index is -3.25. The normalized spacial score (nSPS) is 10.9. The fourth-order valence-corrected chi connectivity index (χ4v) is 3.23. The van der Waals surface area contributed by atoms with Crippen molar-refractivity contribution in [2.75, 3.05) is 23.9 Å². The largest absolute Gasteiger partial charge is 0.370 e. The molecule has 1 heterocycles. The molecular weight excluding hydrogens is 392 g/mol. The van der Waals surface area contributed by atoms with E-state index in [4.69, 9.17) is 5.73 Å². The Balaban J connectivity index is 0.00000242. The molecule has 120 valence electrons. The van der Waals surface area contributed by atoms with Crippen LogP contribution >= 0.6 is 28.3 Å². The van der Waals surface area contributed by atoms with E-state index in [1.807, 2.05) is 6.92 Å². The summed E-state index contributed by atoms with van der Waals surface area (Å²) in [7, 11) is -3.25. The van der Waals surface area contributed by atoms with Crippen LogP contribution in [-0.4, -0.2) is 31.2 Å². The second-order valence-corrected chi connectivity index (χ2v) is 7.30. The van der Waals surface area contributed by atoms with Gasteiger partial charge in [0.1, 0.15) is 5.82 Å². The summed E-state index contributed by atoms with van der Waals surface area (Å²) in [6, 6.07) is 4.84. The summed E-state index contributed by atoms with van der Waals surface area (Å²) >= 11 is 3.40. The number of nitrogens with two attached hydrogens (primary N) is 1. The number of benzene rings is 1. The van der Waals surface area contributed by atoms with Gasteiger partial charge in [-0.1, -0.05) is 22.0 Å². The lowest BCUT2D eigenvalue weighted by Gasteiger charge is -2.12. The lowest BCUT2D eigenvalue weighted by molar-refractivity contribution is 0.602. The third kappa shape index (κ3) is 4.08. The van der Waals surface area contributed by atoms with Crippen LogP contribution in [0.3, 0.4) is 0 Å². The Morgan fingerprint density at radius 2 is 2.00 bits per heavy atom. The predicted octanol–water partition coefficient (Wildman–Crippen LogP) is 2.75. The molecule has 0 aliphatic heterocycles. The summed E-state index contributed by atoms with van der Waals surface area (Å²) in [5, 5.41) is 3.12. The summed E-state index contributed by atoms with van der Waals surface area (Å²) in [6.07, 6.45) is 2.78. The van der Waals surface area contributed by atoms with E-state index in [0.717, 1.165) is 11.1 Å². The van der Waals surface area contributed by atoms with Crippen molar-refractivity contribution < 1.29 is 8.42 Å². The number of nitrogen functional groups attached to an aromatic ring is 1. The van der Waals surface area contributed by atoms with Gasteiger partial charge < -0.3 is 11.1 Å². The van der Waals surface area contributed by atoms with Crippen molar-refractivity contribution in [2.24, 2.45) is 0 Å². The molecule has 0 atom stereocenters. The van der Waals surface area contributed by atoms with Crippen molar-refractivity contribution in [1.29, 1.82) is 0 Å². The number of hydrogen-bond donors (Lipinski definition) is 2. The molecule has 0 aliphatic carbocycles. The van der Waals surface area contributed by atoms with Crippen molar-refractivity contribution in [2.45, 2.75) is 11.8 Å². The summed E-state index contributed by atoms with van der Waals surface area (Å²) in [5.41, 5.74) is 7.14. The number of anilines is 2. The monoisotopic (exact) mass is 406 g/mol. The second-order valence-electron chi connectivity index (χ2n) is 4.43. The number of hydrogen-bond acceptors (Lipinski definition) is 6. The molecule has 0 fully saturated rings. The van der Waals surface area contributed by atoms with E-state index in [2.05, 4.69) is 31.2 Å². The molecule has 6 nitrogen and oxygen atoms in total. The van der Waals surface area contributed by atoms with E-state index in [9.17, 15) is 8.42 Å². The minimum Gasteiger partial charge on any atom is -0.370 e. The zero-order valence-electron chi connectivity index (χ0n) is 12.0. The van der Waals surface area contributed by atoms with Crippen LogP contribution in [0.4, 0.5) is 11.8 Å². The Bertz CT molecular complexity index is 784. The maximum atomic E-state index is 11.6. The van der Waals surface area contributed by atoms with E-state index in [1.165, 1.54) is 6.26 Å². The van der Waals surface area contributed by atoms with Crippen LogP contribution in [0.15, 0.2) is 33.8 Å². The summed E-state index contributed by atoms with van der Waals surface area (Å²) in [4.78, 5) is 8.42. The topological polar surface area (TPSA) is 98.0 Å². The number of halogens is 2. The summed E-state index contributed by atoms with van der Waals surface area (Å²) in [5.74, 6) is 0.788. The van der Waals surface area contributed by atoms with Gasteiger partial charge in [0.15, 0.2) is 9.84 Å². The third-order valence-corrected chi connectivity index (χ3v) is 4.58. The molecule has 1 aromatic carbocycles. The summed E-state index contributed by atoms with van der Waals surface area (Å²) in [6.45, 7) is 2.63. The number of sulfone groups is 1. The van der Waals surface area contributed by atoms with Gasteiger partial charge in [-0.15, -0.1) is 12.4 Å². The molecule has 2 rings (SSSR count). The smallest absolute Gasteiger partial charge is 0.221 e. The highest BCUT2D eigenvalue weighted by Crippen LogP contribution is 2.34. The molecule has 2 aromatic rings. The molecule has 9 heteroatoms. The molecule has 0 spiro atoms. The first-order chi connectivity index (χ1) is 9.82. The average molecular weight is 408 g/mol. The Hall–Kier alpha value is -1.38. The molecule has 0 amide bonds. The maximum absolute atomic E-state index is 11.6. The molecular formula is C13H16BrClN4O2S. The fourth-order valence-electron chi connectivity index (χ4n) is 1.84. The Labute approximate surface area is 144 Å². The minimum absolute atomic E-state index is 0. The van der Waals surface area contributed by atoms with Gasteiger partial charge in [0.05, 0.1) is 4.90 Å². The van der Waals surface area contributed by atoms with Crippen molar-refractivity contribution in [3.63, 3.8) is 0 Å². The van der Waals surface area contributed by atoms with E-state index in [-0.39, 0.29) is 23.3 Å². The van der Waals surface area contributed by atoms with Gasteiger partial charge in [-0.05, 0) is 19.1 Å². The van der Waals surface area contributed by atoms with Gasteiger partial charge >= 0.3 is 0 Å². The zero-order valence-corrected chi connectivity index (χ0v) is 15.2. The van der Waals surface area contributed by atoms with E-state index in [0.29, 0.717) is 16.8 Å². The molecule has 0 saturated carbocycles. The van der Waals surface area contributed by atoms with Crippen molar-refractivity contribution in [3.05, 3.63) is 28.9 Å². The summed E-state index contributed by atoms with van der Waals surface area (Å²) < 4.78 is 23.8. The quantitative estimate of drug-likeness (QED) is 0.808. The van der Waals surface area contributed by atoms with Crippen molar-refractivity contribution in [3.8, 4) is 11.1 Å². The highest BCUT2D eigenvalue weighted by Gasteiger charge is 2.14. The number of aromatic nitrogens is 2. The molecule has 0 saturated heterocycles. The van der Waals surface area contributed by atoms with Gasteiger partial charge in [-0.3, -0.25) is 0 Å². The molecule has 0 unspecified atom stereocenters. The Morgan fingerprint density at radius 3 is 2.55 bits per heavy atom. The van der Waals surface area contributed by atoms with Gasteiger partial charge in [0.25, 0.3) is 0 Å². The first-order valence-corrected chi connectivity index (χ1v) is 8.87. The van der Waals surface area contributed by atoms with Crippen LogP contribution < -0.4 is 11.1 Å². The highest BCUT2D eigenvalue weighted by molar-refractivity contribution is 9.10. The van der Waals surface area contributed by atoms with Crippen LogP contribution in [0.2, 0.25) is 0 Å². The first-order valence-electron chi connectivity index (χ1n) is 6.19. The van der Waals surface area contributed by atoms with Gasteiger partial charge in [0.2, 0.25) is 5.95 Å². The SMILES string of the molecule is CCNc1nc(N)ncc1-c1ccc(S(C)(=O)=O)cc1Br.Cl. The molecule has 0 bridgehead atoms. The Morgan fingerprint density at radius 1 is 1.32 bits per heavy atom. The van der Waals surface area contributed by atoms with Crippen molar-refractivity contribution >= 4 is 49.9 Å². The highest BCUT2D eigenvalue weighted by atomic mass is 79.9. The number of nitrogens with zero attached hydrogens (tertiary/aromatic N) is 2. The fraction of sp³-hybridized carbons (Fsp3) is 0.231. The number of rotatable bonds is 4. The second kappa shape index (κ2) is 7.26. The van der Waals surface area contributed by atoms with Gasteiger partial charge in [-0.25, -0.2) is 13.4 Å². The lowest BCUT2D eigenvalue weighted by atomic mass is 10.1. The number of nitrogens with one attached hydrogen (secondary N) is 1. The maximum Gasteiger partial charge on any atom is 0.221 e. The first kappa shape index (κ1) is 18.7. The van der Waals surface area contributed by atoms with E-state index >= 15 is 0 Å². The third-order valence-electron chi connectivity index (χ3n) is 2.81. The zero-order chi connectivity index (χ0) is 15.6. The van der Waals surface area contributed by atoms with Gasteiger partial charge in [-0.2, -0.15) is 4.98 Å². The molecule has 0 radical (unpaired) electrons. The Kier molecular flexibility index (Phi) is 6.16. The van der Waals surface area contributed by atoms with Crippen molar-refractivity contribution in [1.82, 2.24) is 9.97 Å². The van der Waals surface area contributed by atoms with E-state index < -0.39 is 9.84 Å². The predicted molar refractivity (Wildman–Crippen MR) is 94.1 cm³/mol. The van der Waals surface area contributed by atoms with Gasteiger partial charge in [0, 0.05) is 34.6 Å². The standard InChI is InChI=1S/C13H15BrN4O2S.ClH/c1-3-16-12-10(7-17-13(15)18-12)9-5-4-8(6-11(9)14)21(2,19)20;/h4-7H,3H2,1-2H3,(H3,15,16,17,18);1H. The van der Waals surface area contributed by atoms with Crippen LogP contribution in [0.1, 0.15) is 6.92 Å².